The lowest BCUT2D eigenvalue weighted by atomic mass is 10.1. The summed E-state index contributed by atoms with van der Waals surface area (Å²) in [6, 6.07) is 16.5. The molecule has 3 aromatic carbocycles. The molecule has 1 aromatic heterocycles. The quantitative estimate of drug-likeness (QED) is 0.350. The smallest absolute Gasteiger partial charge is 0.270 e. The van der Waals surface area contributed by atoms with Crippen molar-refractivity contribution in [3.05, 3.63) is 86.9 Å². The van der Waals surface area contributed by atoms with E-state index in [1.54, 1.807) is 12.1 Å². The zero-order chi connectivity index (χ0) is 20.5. The molecule has 0 saturated carbocycles. The Morgan fingerprint density at radius 2 is 1.93 bits per heavy atom. The molecular weight excluding hydrogens is 394 g/mol. The first-order valence-electron chi connectivity index (χ1n) is 8.65. The number of oxazole rings is 1. The molecular formula is C21H14ClN3O4. The van der Waals surface area contributed by atoms with Crippen LogP contribution in [0.5, 0.6) is 0 Å². The molecule has 0 unspecified atom stereocenters. The van der Waals surface area contributed by atoms with Gasteiger partial charge < -0.3 is 9.73 Å². The molecule has 0 spiro atoms. The maximum Gasteiger partial charge on any atom is 0.270 e. The molecule has 0 aliphatic carbocycles. The number of rotatable bonds is 4. The number of para-hydroxylation sites is 2. The Hall–Kier alpha value is -3.71. The Kier molecular flexibility index (Phi) is 4.74. The number of hydrogen-bond donors (Lipinski definition) is 1. The van der Waals surface area contributed by atoms with E-state index >= 15 is 0 Å². The Morgan fingerprint density at radius 3 is 2.69 bits per heavy atom. The molecule has 0 aliphatic rings. The third kappa shape index (κ3) is 3.55. The normalized spacial score (nSPS) is 10.8. The Balaban J connectivity index is 1.68. The number of fused-ring (bicyclic) bond motifs is 1. The van der Waals surface area contributed by atoms with Crippen molar-refractivity contribution in [1.82, 2.24) is 4.98 Å². The van der Waals surface area contributed by atoms with E-state index < -0.39 is 10.8 Å². The SMILES string of the molecule is Cc1c(NC(=O)c2cc([N+](=O)[O-])ccc2Cl)cccc1-c1nc2ccccc2o1. The molecule has 8 heteroatoms. The topological polar surface area (TPSA) is 98.3 Å². The van der Waals surface area contributed by atoms with Gasteiger partial charge in [-0.25, -0.2) is 4.98 Å². The van der Waals surface area contributed by atoms with Crippen LogP contribution in [0.1, 0.15) is 15.9 Å². The summed E-state index contributed by atoms with van der Waals surface area (Å²) in [5.74, 6) is -0.107. The second-order valence-electron chi connectivity index (χ2n) is 6.34. The number of nitro benzene ring substituents is 1. The largest absolute Gasteiger partial charge is 0.436 e. The molecule has 1 heterocycles. The first-order valence-corrected chi connectivity index (χ1v) is 9.02. The number of nitro groups is 1. The van der Waals surface area contributed by atoms with Crippen molar-refractivity contribution in [3.63, 3.8) is 0 Å². The molecule has 0 atom stereocenters. The number of amides is 1. The molecule has 4 rings (SSSR count). The first kappa shape index (κ1) is 18.6. The van der Waals surface area contributed by atoms with Crippen molar-refractivity contribution in [3.8, 4) is 11.5 Å². The summed E-state index contributed by atoms with van der Waals surface area (Å²) in [4.78, 5) is 27.6. The van der Waals surface area contributed by atoms with Crippen LogP contribution in [0.3, 0.4) is 0 Å². The second kappa shape index (κ2) is 7.37. The van der Waals surface area contributed by atoms with Gasteiger partial charge in [0.2, 0.25) is 5.89 Å². The molecule has 0 bridgehead atoms. The third-order valence-electron chi connectivity index (χ3n) is 4.51. The zero-order valence-electron chi connectivity index (χ0n) is 15.2. The molecule has 0 radical (unpaired) electrons. The number of carbonyl (C=O) groups is 1. The highest BCUT2D eigenvalue weighted by molar-refractivity contribution is 6.34. The maximum absolute atomic E-state index is 12.7. The average molecular weight is 408 g/mol. The zero-order valence-corrected chi connectivity index (χ0v) is 15.9. The van der Waals surface area contributed by atoms with Gasteiger partial charge in [-0.2, -0.15) is 0 Å². The fourth-order valence-corrected chi connectivity index (χ4v) is 3.18. The van der Waals surface area contributed by atoms with Crippen LogP contribution in [0, 0.1) is 17.0 Å². The van der Waals surface area contributed by atoms with Crippen LogP contribution in [-0.2, 0) is 0 Å². The van der Waals surface area contributed by atoms with Crippen molar-refractivity contribution in [2.45, 2.75) is 6.92 Å². The minimum Gasteiger partial charge on any atom is -0.436 e. The minimum atomic E-state index is -0.577. The van der Waals surface area contributed by atoms with Gasteiger partial charge in [0.15, 0.2) is 5.58 Å². The molecule has 4 aromatic rings. The number of anilines is 1. The van der Waals surface area contributed by atoms with E-state index in [4.69, 9.17) is 16.0 Å². The Morgan fingerprint density at radius 1 is 1.14 bits per heavy atom. The van der Waals surface area contributed by atoms with E-state index in [1.807, 2.05) is 37.3 Å². The highest BCUT2D eigenvalue weighted by atomic mass is 35.5. The van der Waals surface area contributed by atoms with Crippen LogP contribution in [0.2, 0.25) is 5.02 Å². The van der Waals surface area contributed by atoms with Crippen molar-refractivity contribution in [2.24, 2.45) is 0 Å². The number of nitrogens with one attached hydrogen (secondary N) is 1. The number of halogens is 1. The number of nitrogens with zero attached hydrogens (tertiary/aromatic N) is 2. The predicted octanol–water partition coefficient (Wildman–Crippen LogP) is 5.62. The van der Waals surface area contributed by atoms with E-state index in [2.05, 4.69) is 10.3 Å². The third-order valence-corrected chi connectivity index (χ3v) is 4.84. The van der Waals surface area contributed by atoms with Crippen LogP contribution in [-0.4, -0.2) is 15.8 Å². The van der Waals surface area contributed by atoms with Gasteiger partial charge in [-0.3, -0.25) is 14.9 Å². The lowest BCUT2D eigenvalue weighted by Gasteiger charge is -2.11. The lowest BCUT2D eigenvalue weighted by Crippen LogP contribution is -2.14. The van der Waals surface area contributed by atoms with Crippen molar-refractivity contribution < 1.29 is 14.1 Å². The maximum atomic E-state index is 12.7. The summed E-state index contributed by atoms with van der Waals surface area (Å²) in [6.45, 7) is 1.83. The van der Waals surface area contributed by atoms with Gasteiger partial charge in [0.05, 0.1) is 15.5 Å². The van der Waals surface area contributed by atoms with Crippen molar-refractivity contribution in [1.29, 1.82) is 0 Å². The first-order chi connectivity index (χ1) is 13.9. The Labute approximate surface area is 170 Å². The average Bonchev–Trinajstić information content (AvgIpc) is 3.13. The van der Waals surface area contributed by atoms with E-state index in [9.17, 15) is 14.9 Å². The molecule has 1 N–H and O–H groups in total. The number of carbonyl (C=O) groups excluding carboxylic acids is 1. The monoisotopic (exact) mass is 407 g/mol. The number of hydrogen-bond acceptors (Lipinski definition) is 5. The standard InChI is InChI=1S/C21H14ClN3O4/c1-12-14(21-24-18-6-2-3-8-19(18)29-21)5-4-7-17(12)23-20(26)15-11-13(25(27)28)9-10-16(15)22/h2-11H,1H3,(H,23,26). The molecule has 29 heavy (non-hydrogen) atoms. The van der Waals surface area contributed by atoms with Crippen LogP contribution < -0.4 is 5.32 Å². The van der Waals surface area contributed by atoms with Crippen molar-refractivity contribution >= 4 is 40.0 Å². The minimum absolute atomic E-state index is 0.0209. The van der Waals surface area contributed by atoms with E-state index in [-0.39, 0.29) is 16.3 Å². The fraction of sp³-hybridized carbons (Fsp3) is 0.0476. The van der Waals surface area contributed by atoms with Gasteiger partial charge in [0.1, 0.15) is 5.52 Å². The number of aromatic nitrogens is 1. The van der Waals surface area contributed by atoms with Crippen LogP contribution >= 0.6 is 11.6 Å². The Bertz CT molecular complexity index is 1230. The van der Waals surface area contributed by atoms with Gasteiger partial charge in [0.25, 0.3) is 11.6 Å². The summed E-state index contributed by atoms with van der Waals surface area (Å²) >= 11 is 6.07. The predicted molar refractivity (Wildman–Crippen MR) is 110 cm³/mol. The van der Waals surface area contributed by atoms with Gasteiger partial charge >= 0.3 is 0 Å². The lowest BCUT2D eigenvalue weighted by molar-refractivity contribution is -0.384. The van der Waals surface area contributed by atoms with Gasteiger partial charge in [-0.15, -0.1) is 0 Å². The van der Waals surface area contributed by atoms with Crippen LogP contribution in [0.15, 0.2) is 65.1 Å². The van der Waals surface area contributed by atoms with Crippen molar-refractivity contribution in [2.75, 3.05) is 5.32 Å². The summed E-state index contributed by atoms with van der Waals surface area (Å²) in [7, 11) is 0. The molecule has 7 nitrogen and oxygen atoms in total. The molecule has 0 fully saturated rings. The highest BCUT2D eigenvalue weighted by Crippen LogP contribution is 2.31. The van der Waals surface area contributed by atoms with Gasteiger partial charge in [0, 0.05) is 23.4 Å². The molecule has 0 aliphatic heterocycles. The van der Waals surface area contributed by atoms with E-state index in [0.29, 0.717) is 17.2 Å². The summed E-state index contributed by atoms with van der Waals surface area (Å²) in [6.07, 6.45) is 0. The van der Waals surface area contributed by atoms with Gasteiger partial charge in [-0.05, 0) is 42.8 Å². The fourth-order valence-electron chi connectivity index (χ4n) is 2.98. The molecule has 1 amide bonds. The molecule has 144 valence electrons. The highest BCUT2D eigenvalue weighted by Gasteiger charge is 2.18. The van der Waals surface area contributed by atoms with Crippen LogP contribution in [0.4, 0.5) is 11.4 Å². The van der Waals surface area contributed by atoms with Crippen LogP contribution in [0.25, 0.3) is 22.6 Å². The van der Waals surface area contributed by atoms with E-state index in [1.165, 1.54) is 12.1 Å². The van der Waals surface area contributed by atoms with Gasteiger partial charge in [-0.1, -0.05) is 29.8 Å². The van der Waals surface area contributed by atoms with E-state index in [0.717, 1.165) is 22.7 Å². The summed E-state index contributed by atoms with van der Waals surface area (Å²) < 4.78 is 5.82. The summed E-state index contributed by atoms with van der Waals surface area (Å²) in [5.41, 5.74) is 3.21. The molecule has 0 saturated heterocycles. The summed E-state index contributed by atoms with van der Waals surface area (Å²) in [5, 5.41) is 13.9. The number of benzene rings is 3. The number of non-ortho nitro benzene ring substituents is 1. The second-order valence-corrected chi connectivity index (χ2v) is 6.75.